The van der Waals surface area contributed by atoms with E-state index in [0.717, 1.165) is 6.42 Å². The summed E-state index contributed by atoms with van der Waals surface area (Å²) in [6, 6.07) is 6.42. The van der Waals surface area contributed by atoms with Crippen molar-refractivity contribution in [2.45, 2.75) is 44.2 Å². The highest BCUT2D eigenvalue weighted by atomic mass is 32.2. The van der Waals surface area contributed by atoms with E-state index in [9.17, 15) is 0 Å². The molecule has 0 amide bonds. The van der Waals surface area contributed by atoms with Crippen LogP contribution in [0.5, 0.6) is 0 Å². The van der Waals surface area contributed by atoms with Crippen LogP contribution in [-0.2, 0) is 6.54 Å². The average Bonchev–Trinajstić information content (AvgIpc) is 2.36. The zero-order valence-electron chi connectivity index (χ0n) is 11.6. The Bertz CT molecular complexity index is 374. The Kier molecular flexibility index (Phi) is 4.90. The number of rotatable bonds is 5. The van der Waals surface area contributed by atoms with Crippen LogP contribution in [-0.4, -0.2) is 18.8 Å². The minimum atomic E-state index is 0.154. The van der Waals surface area contributed by atoms with Crippen LogP contribution in [0, 0.1) is 0 Å². The van der Waals surface area contributed by atoms with Gasteiger partial charge in [0.25, 0.3) is 0 Å². The molecule has 96 valence electrons. The lowest BCUT2D eigenvalue weighted by molar-refractivity contribution is 0.469. The second kappa shape index (κ2) is 5.78. The lowest BCUT2D eigenvalue weighted by atomic mass is 9.98. The van der Waals surface area contributed by atoms with Gasteiger partial charge in [-0.25, -0.2) is 0 Å². The van der Waals surface area contributed by atoms with E-state index in [-0.39, 0.29) is 5.54 Å². The maximum atomic E-state index is 5.91. The zero-order chi connectivity index (χ0) is 13.1. The molecule has 0 saturated carbocycles. The average molecular weight is 252 g/mol. The zero-order valence-corrected chi connectivity index (χ0v) is 12.4. The van der Waals surface area contributed by atoms with Crippen molar-refractivity contribution in [3.8, 4) is 0 Å². The molecule has 0 atom stereocenters. The van der Waals surface area contributed by atoms with Crippen LogP contribution in [0.25, 0.3) is 0 Å². The normalized spacial score (nSPS) is 11.6. The van der Waals surface area contributed by atoms with Crippen molar-refractivity contribution < 1.29 is 0 Å². The maximum absolute atomic E-state index is 5.91. The van der Waals surface area contributed by atoms with Gasteiger partial charge in [0, 0.05) is 35.3 Å². The van der Waals surface area contributed by atoms with Crippen molar-refractivity contribution >= 4 is 17.4 Å². The fraction of sp³-hybridized carbons (Fsp3) is 0.571. The molecule has 2 N–H and O–H groups in total. The minimum Gasteiger partial charge on any atom is -0.369 e. The first kappa shape index (κ1) is 14.4. The number of benzene rings is 1. The van der Waals surface area contributed by atoms with Gasteiger partial charge in [0.05, 0.1) is 0 Å². The van der Waals surface area contributed by atoms with Crippen molar-refractivity contribution in [2.24, 2.45) is 5.73 Å². The standard InChI is InChI=1S/C14H24N2S/c1-6-14(2,3)16(4)12-8-7-9-13(17-5)11(12)10-15/h7-9H,6,10,15H2,1-5H3. The molecule has 0 unspecified atom stereocenters. The molecule has 17 heavy (non-hydrogen) atoms. The summed E-state index contributed by atoms with van der Waals surface area (Å²) in [5.74, 6) is 0. The van der Waals surface area contributed by atoms with Crippen molar-refractivity contribution in [2.75, 3.05) is 18.2 Å². The van der Waals surface area contributed by atoms with E-state index in [1.165, 1.54) is 16.1 Å². The predicted molar refractivity (Wildman–Crippen MR) is 78.9 cm³/mol. The number of hydrogen-bond acceptors (Lipinski definition) is 3. The fourth-order valence-electron chi connectivity index (χ4n) is 1.83. The van der Waals surface area contributed by atoms with Gasteiger partial charge in [-0.1, -0.05) is 13.0 Å². The Morgan fingerprint density at radius 1 is 1.35 bits per heavy atom. The Hall–Kier alpha value is -0.670. The van der Waals surface area contributed by atoms with Gasteiger partial charge in [-0.15, -0.1) is 11.8 Å². The van der Waals surface area contributed by atoms with Gasteiger partial charge < -0.3 is 10.6 Å². The molecule has 0 heterocycles. The SMILES string of the molecule is CCC(C)(C)N(C)c1cccc(SC)c1CN. The third-order valence-corrected chi connectivity index (χ3v) is 4.49. The van der Waals surface area contributed by atoms with Gasteiger partial charge >= 0.3 is 0 Å². The quantitative estimate of drug-likeness (QED) is 0.813. The first-order valence-corrected chi connectivity index (χ1v) is 7.30. The maximum Gasteiger partial charge on any atom is 0.0424 e. The molecular weight excluding hydrogens is 228 g/mol. The lowest BCUT2D eigenvalue weighted by Gasteiger charge is -2.38. The molecule has 0 bridgehead atoms. The van der Waals surface area contributed by atoms with Gasteiger partial charge in [-0.3, -0.25) is 0 Å². The molecule has 0 radical (unpaired) electrons. The summed E-state index contributed by atoms with van der Waals surface area (Å²) in [4.78, 5) is 3.62. The Balaban J connectivity index is 3.22. The summed E-state index contributed by atoms with van der Waals surface area (Å²) < 4.78 is 0. The number of nitrogens with zero attached hydrogens (tertiary/aromatic N) is 1. The highest BCUT2D eigenvalue weighted by Crippen LogP contribution is 2.33. The summed E-state index contributed by atoms with van der Waals surface area (Å²) in [5, 5.41) is 0. The Labute approximate surface area is 110 Å². The molecule has 0 aromatic heterocycles. The van der Waals surface area contributed by atoms with E-state index in [4.69, 9.17) is 5.73 Å². The molecular formula is C14H24N2S. The van der Waals surface area contributed by atoms with Crippen LogP contribution in [0.2, 0.25) is 0 Å². The van der Waals surface area contributed by atoms with E-state index in [2.05, 4.69) is 57.2 Å². The van der Waals surface area contributed by atoms with Crippen LogP contribution in [0.3, 0.4) is 0 Å². The molecule has 0 aliphatic heterocycles. The minimum absolute atomic E-state index is 0.154. The van der Waals surface area contributed by atoms with Crippen LogP contribution in [0.4, 0.5) is 5.69 Å². The highest BCUT2D eigenvalue weighted by Gasteiger charge is 2.23. The molecule has 0 fully saturated rings. The summed E-state index contributed by atoms with van der Waals surface area (Å²) in [7, 11) is 2.15. The van der Waals surface area contributed by atoms with Crippen molar-refractivity contribution in [1.29, 1.82) is 0 Å². The predicted octanol–water partition coefficient (Wildman–Crippen LogP) is 3.49. The number of thioether (sulfide) groups is 1. The lowest BCUT2D eigenvalue weighted by Crippen LogP contribution is -2.41. The Morgan fingerprint density at radius 2 is 2.00 bits per heavy atom. The van der Waals surface area contributed by atoms with Gasteiger partial charge in [0.15, 0.2) is 0 Å². The summed E-state index contributed by atoms with van der Waals surface area (Å²) in [6.07, 6.45) is 3.21. The smallest absolute Gasteiger partial charge is 0.0424 e. The molecule has 0 saturated heterocycles. The summed E-state index contributed by atoms with van der Waals surface area (Å²) in [5.41, 5.74) is 8.57. The van der Waals surface area contributed by atoms with Crippen LogP contribution < -0.4 is 10.6 Å². The molecule has 0 spiro atoms. The third kappa shape index (κ3) is 2.96. The Morgan fingerprint density at radius 3 is 2.47 bits per heavy atom. The van der Waals surface area contributed by atoms with Gasteiger partial charge in [-0.05, 0) is 38.7 Å². The van der Waals surface area contributed by atoms with Crippen molar-refractivity contribution in [1.82, 2.24) is 0 Å². The van der Waals surface area contributed by atoms with Crippen LogP contribution in [0.15, 0.2) is 23.1 Å². The van der Waals surface area contributed by atoms with E-state index in [1.807, 2.05) is 0 Å². The summed E-state index contributed by atoms with van der Waals surface area (Å²) in [6.45, 7) is 7.34. The van der Waals surface area contributed by atoms with Crippen molar-refractivity contribution in [3.05, 3.63) is 23.8 Å². The first-order valence-electron chi connectivity index (χ1n) is 6.07. The van der Waals surface area contributed by atoms with Crippen molar-refractivity contribution in [3.63, 3.8) is 0 Å². The van der Waals surface area contributed by atoms with E-state index in [0.29, 0.717) is 6.54 Å². The second-order valence-electron chi connectivity index (χ2n) is 4.89. The fourth-order valence-corrected chi connectivity index (χ4v) is 2.48. The number of anilines is 1. The molecule has 3 heteroatoms. The van der Waals surface area contributed by atoms with Gasteiger partial charge in [0.1, 0.15) is 0 Å². The molecule has 1 aromatic rings. The number of hydrogen-bond donors (Lipinski definition) is 1. The van der Waals surface area contributed by atoms with E-state index >= 15 is 0 Å². The molecule has 1 rings (SSSR count). The van der Waals surface area contributed by atoms with Gasteiger partial charge in [0.2, 0.25) is 0 Å². The summed E-state index contributed by atoms with van der Waals surface area (Å²) >= 11 is 1.76. The third-order valence-electron chi connectivity index (χ3n) is 3.67. The molecule has 2 nitrogen and oxygen atoms in total. The monoisotopic (exact) mass is 252 g/mol. The molecule has 0 aliphatic carbocycles. The molecule has 1 aromatic carbocycles. The number of nitrogens with two attached hydrogens (primary N) is 1. The largest absolute Gasteiger partial charge is 0.369 e. The second-order valence-corrected chi connectivity index (χ2v) is 5.74. The van der Waals surface area contributed by atoms with Crippen LogP contribution in [0.1, 0.15) is 32.8 Å². The van der Waals surface area contributed by atoms with E-state index in [1.54, 1.807) is 11.8 Å². The molecule has 0 aliphatic rings. The van der Waals surface area contributed by atoms with Gasteiger partial charge in [-0.2, -0.15) is 0 Å². The highest BCUT2D eigenvalue weighted by molar-refractivity contribution is 7.98. The van der Waals surface area contributed by atoms with Crippen LogP contribution >= 0.6 is 11.8 Å². The van der Waals surface area contributed by atoms with E-state index < -0.39 is 0 Å². The first-order chi connectivity index (χ1) is 7.97. The topological polar surface area (TPSA) is 29.3 Å².